The minimum Gasteiger partial charge on any atom is -0.340 e. The second-order valence-electron chi connectivity index (χ2n) is 7.96. The van der Waals surface area contributed by atoms with E-state index in [-0.39, 0.29) is 5.78 Å². The summed E-state index contributed by atoms with van der Waals surface area (Å²) in [6.07, 6.45) is 3.60. The first-order chi connectivity index (χ1) is 14.8. The number of fused-ring (bicyclic) bond motifs is 4. The van der Waals surface area contributed by atoms with Crippen molar-refractivity contribution in [3.63, 3.8) is 0 Å². The van der Waals surface area contributed by atoms with Gasteiger partial charge in [-0.2, -0.15) is 0 Å². The van der Waals surface area contributed by atoms with Crippen LogP contribution in [0.3, 0.4) is 0 Å². The molecule has 0 unspecified atom stereocenters. The molecule has 0 fully saturated rings. The number of carbonyl (C=O) groups excluding carboxylic acids is 1. The molecule has 0 spiro atoms. The average Bonchev–Trinajstić information content (AvgIpc) is 3.11. The van der Waals surface area contributed by atoms with Crippen LogP contribution in [0.25, 0.3) is 32.6 Å². The van der Waals surface area contributed by atoms with E-state index < -0.39 is 0 Å². The number of benzene rings is 4. The highest BCUT2D eigenvalue weighted by atomic mass is 16.1. The summed E-state index contributed by atoms with van der Waals surface area (Å²) in [4.78, 5) is 13.5. The minimum atomic E-state index is 0.0801. The predicted molar refractivity (Wildman–Crippen MR) is 126 cm³/mol. The van der Waals surface area contributed by atoms with Crippen LogP contribution in [-0.4, -0.2) is 10.4 Å². The number of aromatic nitrogens is 1. The number of ketones is 1. The van der Waals surface area contributed by atoms with E-state index in [1.165, 1.54) is 35.7 Å². The Kier molecular flexibility index (Phi) is 4.84. The van der Waals surface area contributed by atoms with Gasteiger partial charge in [-0.25, -0.2) is 0 Å². The lowest BCUT2D eigenvalue weighted by Crippen LogP contribution is -2.02. The van der Waals surface area contributed by atoms with Crippen LogP contribution in [0.2, 0.25) is 0 Å². The van der Waals surface area contributed by atoms with Gasteiger partial charge in [-0.15, -0.1) is 0 Å². The van der Waals surface area contributed by atoms with Crippen LogP contribution in [0.15, 0.2) is 84.9 Å². The second kappa shape index (κ2) is 7.79. The molecule has 0 aliphatic rings. The molecule has 0 saturated heterocycles. The molecule has 0 aliphatic carbocycles. The van der Waals surface area contributed by atoms with Gasteiger partial charge in [0.25, 0.3) is 0 Å². The minimum absolute atomic E-state index is 0.0801. The van der Waals surface area contributed by atoms with Gasteiger partial charge in [0.2, 0.25) is 0 Å². The van der Waals surface area contributed by atoms with E-state index >= 15 is 0 Å². The van der Waals surface area contributed by atoms with Crippen LogP contribution >= 0.6 is 0 Å². The lowest BCUT2D eigenvalue weighted by atomic mass is 9.96. The fourth-order valence-corrected chi connectivity index (χ4v) is 4.53. The van der Waals surface area contributed by atoms with Crippen molar-refractivity contribution in [3.8, 4) is 0 Å². The van der Waals surface area contributed by atoms with Crippen molar-refractivity contribution < 1.29 is 4.79 Å². The van der Waals surface area contributed by atoms with Gasteiger partial charge >= 0.3 is 0 Å². The molecule has 0 amide bonds. The fourth-order valence-electron chi connectivity index (χ4n) is 4.53. The lowest BCUT2D eigenvalue weighted by molar-refractivity contribution is 0.104. The zero-order valence-electron chi connectivity index (χ0n) is 17.3. The SMILES string of the molecule is CCCCCn1c2ccccc2c2cc(C(=O)c3cccc4ccccc34)ccc21. The average molecular weight is 392 g/mol. The Labute approximate surface area is 176 Å². The number of hydrogen-bond donors (Lipinski definition) is 0. The molecule has 0 radical (unpaired) electrons. The summed E-state index contributed by atoms with van der Waals surface area (Å²) in [5.74, 6) is 0.0801. The Morgan fingerprint density at radius 1 is 0.733 bits per heavy atom. The standard InChI is InChI=1S/C28H25NO/c1-2-3-8-18-29-26-15-7-6-13-23(26)25-19-21(16-17-27(25)29)28(30)24-14-9-11-20-10-4-5-12-22(20)24/h4-7,9-17,19H,2-3,8,18H2,1H3. The zero-order chi connectivity index (χ0) is 20.5. The molecule has 1 heterocycles. The Morgan fingerprint density at radius 2 is 1.47 bits per heavy atom. The fraction of sp³-hybridized carbons (Fsp3) is 0.179. The first-order valence-corrected chi connectivity index (χ1v) is 10.8. The molecule has 0 bridgehead atoms. The lowest BCUT2D eigenvalue weighted by Gasteiger charge is -2.08. The summed E-state index contributed by atoms with van der Waals surface area (Å²) in [7, 11) is 0. The van der Waals surface area contributed by atoms with Gasteiger partial charge < -0.3 is 4.57 Å². The zero-order valence-corrected chi connectivity index (χ0v) is 17.3. The maximum Gasteiger partial charge on any atom is 0.193 e. The van der Waals surface area contributed by atoms with E-state index in [1.54, 1.807) is 0 Å². The topological polar surface area (TPSA) is 22.0 Å². The molecule has 148 valence electrons. The van der Waals surface area contributed by atoms with Gasteiger partial charge in [0.05, 0.1) is 0 Å². The predicted octanol–water partition coefficient (Wildman–Crippen LogP) is 7.37. The van der Waals surface area contributed by atoms with Crippen molar-refractivity contribution in [1.29, 1.82) is 0 Å². The first-order valence-electron chi connectivity index (χ1n) is 10.8. The molecule has 2 heteroatoms. The maximum absolute atomic E-state index is 13.5. The Morgan fingerprint density at radius 3 is 2.33 bits per heavy atom. The molecule has 5 aromatic rings. The smallest absolute Gasteiger partial charge is 0.193 e. The third kappa shape index (κ3) is 3.09. The monoisotopic (exact) mass is 391 g/mol. The van der Waals surface area contributed by atoms with Crippen molar-refractivity contribution >= 4 is 38.4 Å². The number of carbonyl (C=O) groups is 1. The summed E-state index contributed by atoms with van der Waals surface area (Å²) in [6, 6.07) is 28.8. The number of aryl methyl sites for hydroxylation is 1. The summed E-state index contributed by atoms with van der Waals surface area (Å²) in [6.45, 7) is 3.24. The highest BCUT2D eigenvalue weighted by Gasteiger charge is 2.16. The Bertz CT molecular complexity index is 1370. The number of rotatable bonds is 6. The van der Waals surface area contributed by atoms with Gasteiger partial charge in [0.15, 0.2) is 5.78 Å². The summed E-state index contributed by atoms with van der Waals surface area (Å²) in [5, 5.41) is 4.48. The van der Waals surface area contributed by atoms with Crippen molar-refractivity contribution in [2.75, 3.05) is 0 Å². The summed E-state index contributed by atoms with van der Waals surface area (Å²) < 4.78 is 2.41. The summed E-state index contributed by atoms with van der Waals surface area (Å²) >= 11 is 0. The molecule has 2 nitrogen and oxygen atoms in total. The molecule has 0 aliphatic heterocycles. The van der Waals surface area contributed by atoms with Crippen molar-refractivity contribution in [3.05, 3.63) is 96.1 Å². The molecular formula is C28H25NO. The number of nitrogens with zero attached hydrogens (tertiary/aromatic N) is 1. The van der Waals surface area contributed by atoms with Gasteiger partial charge in [-0.1, -0.05) is 80.4 Å². The van der Waals surface area contributed by atoms with Crippen LogP contribution < -0.4 is 0 Å². The van der Waals surface area contributed by atoms with Crippen LogP contribution in [0, 0.1) is 0 Å². The third-order valence-electron chi connectivity index (χ3n) is 6.05. The van der Waals surface area contributed by atoms with Crippen molar-refractivity contribution in [2.45, 2.75) is 32.7 Å². The third-order valence-corrected chi connectivity index (χ3v) is 6.05. The van der Waals surface area contributed by atoms with E-state index in [0.29, 0.717) is 0 Å². The van der Waals surface area contributed by atoms with Gasteiger partial charge in [0, 0.05) is 39.5 Å². The Hall–Kier alpha value is -3.39. The molecule has 1 aromatic heterocycles. The van der Waals surface area contributed by atoms with Crippen LogP contribution in [0.4, 0.5) is 0 Å². The highest BCUT2D eigenvalue weighted by Crippen LogP contribution is 2.31. The van der Waals surface area contributed by atoms with Crippen molar-refractivity contribution in [2.24, 2.45) is 0 Å². The van der Waals surface area contributed by atoms with E-state index in [2.05, 4.69) is 60.0 Å². The van der Waals surface area contributed by atoms with Gasteiger partial charge in [-0.3, -0.25) is 4.79 Å². The molecule has 4 aromatic carbocycles. The normalized spacial score (nSPS) is 11.5. The number of hydrogen-bond acceptors (Lipinski definition) is 1. The first kappa shape index (κ1) is 18.6. The maximum atomic E-state index is 13.5. The van der Waals surface area contributed by atoms with Crippen LogP contribution in [0.1, 0.15) is 42.1 Å². The quantitative estimate of drug-likeness (QED) is 0.219. The molecular weight excluding hydrogens is 366 g/mol. The van der Waals surface area contributed by atoms with E-state index in [9.17, 15) is 4.79 Å². The van der Waals surface area contributed by atoms with Crippen molar-refractivity contribution in [1.82, 2.24) is 4.57 Å². The molecule has 30 heavy (non-hydrogen) atoms. The Balaban J connectivity index is 1.64. The van der Waals surface area contributed by atoms with Gasteiger partial charge in [-0.05, 0) is 41.5 Å². The van der Waals surface area contributed by atoms with E-state index in [0.717, 1.165) is 33.8 Å². The molecule has 0 saturated carbocycles. The number of para-hydroxylation sites is 1. The highest BCUT2D eigenvalue weighted by molar-refractivity contribution is 6.19. The largest absolute Gasteiger partial charge is 0.340 e. The molecule has 0 N–H and O–H groups in total. The summed E-state index contributed by atoms with van der Waals surface area (Å²) in [5.41, 5.74) is 3.97. The van der Waals surface area contributed by atoms with Crippen LogP contribution in [0.5, 0.6) is 0 Å². The van der Waals surface area contributed by atoms with E-state index in [1.807, 2.05) is 36.4 Å². The van der Waals surface area contributed by atoms with Crippen LogP contribution in [-0.2, 0) is 6.54 Å². The van der Waals surface area contributed by atoms with Gasteiger partial charge in [0.1, 0.15) is 0 Å². The number of unbranched alkanes of at least 4 members (excludes halogenated alkanes) is 2. The second-order valence-corrected chi connectivity index (χ2v) is 7.96. The van der Waals surface area contributed by atoms with E-state index in [4.69, 9.17) is 0 Å². The molecule has 0 atom stereocenters. The molecule has 5 rings (SSSR count).